The lowest BCUT2D eigenvalue weighted by Gasteiger charge is -2.34. The molecule has 3 aromatic rings. The highest BCUT2D eigenvalue weighted by molar-refractivity contribution is 5.96. The average Bonchev–Trinajstić information content (AvgIpc) is 3.39. The highest BCUT2D eigenvalue weighted by atomic mass is 19.1. The predicted octanol–water partition coefficient (Wildman–Crippen LogP) is 4.70. The van der Waals surface area contributed by atoms with Gasteiger partial charge in [0, 0.05) is 23.6 Å². The maximum atomic E-state index is 13.9. The van der Waals surface area contributed by atoms with E-state index in [0.717, 1.165) is 5.56 Å². The molecule has 2 amide bonds. The molecule has 0 bridgehead atoms. The number of halogens is 1. The topological polar surface area (TPSA) is 88.8 Å². The van der Waals surface area contributed by atoms with Crippen molar-refractivity contribution in [2.75, 3.05) is 6.61 Å². The van der Waals surface area contributed by atoms with Gasteiger partial charge in [-0.25, -0.2) is 9.18 Å². The number of furan rings is 1. The molecular formula is C28H27FN2O5. The van der Waals surface area contributed by atoms with Gasteiger partial charge in [0.2, 0.25) is 5.91 Å². The van der Waals surface area contributed by atoms with Gasteiger partial charge in [-0.05, 0) is 61.4 Å². The molecule has 7 nitrogen and oxygen atoms in total. The summed E-state index contributed by atoms with van der Waals surface area (Å²) in [6.45, 7) is 4.10. The van der Waals surface area contributed by atoms with E-state index in [9.17, 15) is 18.8 Å². The molecule has 0 fully saturated rings. The molecule has 2 aromatic carbocycles. The minimum absolute atomic E-state index is 0.0161. The lowest BCUT2D eigenvalue weighted by atomic mass is 9.83. The van der Waals surface area contributed by atoms with Crippen molar-refractivity contribution < 1.29 is 27.9 Å². The van der Waals surface area contributed by atoms with Crippen molar-refractivity contribution in [2.24, 2.45) is 0 Å². The highest BCUT2D eigenvalue weighted by Crippen LogP contribution is 2.38. The fourth-order valence-electron chi connectivity index (χ4n) is 4.31. The van der Waals surface area contributed by atoms with Crippen LogP contribution in [0.2, 0.25) is 0 Å². The summed E-state index contributed by atoms with van der Waals surface area (Å²) in [6, 6.07) is 16.4. The van der Waals surface area contributed by atoms with Gasteiger partial charge >= 0.3 is 5.97 Å². The van der Waals surface area contributed by atoms with Gasteiger partial charge in [0.15, 0.2) is 0 Å². The van der Waals surface area contributed by atoms with Crippen LogP contribution in [0.4, 0.5) is 4.39 Å². The Balaban J connectivity index is 1.54. The zero-order chi connectivity index (χ0) is 25.7. The van der Waals surface area contributed by atoms with Gasteiger partial charge < -0.3 is 19.4 Å². The lowest BCUT2D eigenvalue weighted by molar-refractivity contribution is -0.140. The molecule has 8 heteroatoms. The summed E-state index contributed by atoms with van der Waals surface area (Å²) >= 11 is 0. The number of ether oxygens (including phenoxy) is 1. The summed E-state index contributed by atoms with van der Waals surface area (Å²) in [4.78, 5) is 40.0. The standard InChI is InChI=1S/C28H27FN2O5/c1-3-35-28(34)26-18(2)31(25(32)15-24(26)21-6-4-7-22(29)14-21)17-19-9-11-20(12-10-19)27(33)30-16-23-8-5-13-36-23/h4-14,24H,3,15-17H2,1-2H3,(H,30,33). The number of hydrogen-bond acceptors (Lipinski definition) is 5. The molecule has 36 heavy (non-hydrogen) atoms. The van der Waals surface area contributed by atoms with Crippen LogP contribution in [0.25, 0.3) is 0 Å². The summed E-state index contributed by atoms with van der Waals surface area (Å²) in [5.41, 5.74) is 2.63. The Morgan fingerprint density at radius 1 is 1.14 bits per heavy atom. The van der Waals surface area contributed by atoms with Crippen molar-refractivity contribution in [2.45, 2.75) is 39.3 Å². The van der Waals surface area contributed by atoms with Crippen molar-refractivity contribution in [1.29, 1.82) is 0 Å². The third kappa shape index (κ3) is 5.54. The Labute approximate surface area is 208 Å². The average molecular weight is 491 g/mol. The Morgan fingerprint density at radius 2 is 1.92 bits per heavy atom. The van der Waals surface area contributed by atoms with Crippen LogP contribution < -0.4 is 5.32 Å². The van der Waals surface area contributed by atoms with Gasteiger partial charge in [-0.3, -0.25) is 9.59 Å². The number of carbonyl (C=O) groups excluding carboxylic acids is 3. The number of carbonyl (C=O) groups is 3. The van der Waals surface area contributed by atoms with Crippen LogP contribution in [0, 0.1) is 5.82 Å². The molecule has 1 aliphatic heterocycles. The Kier molecular flexibility index (Phi) is 7.63. The minimum Gasteiger partial charge on any atom is -0.467 e. The van der Waals surface area contributed by atoms with Gasteiger partial charge in [0.25, 0.3) is 5.91 Å². The van der Waals surface area contributed by atoms with E-state index in [1.54, 1.807) is 68.6 Å². The fraction of sp³-hybridized carbons (Fsp3) is 0.250. The van der Waals surface area contributed by atoms with Gasteiger partial charge in [-0.2, -0.15) is 0 Å². The summed E-state index contributed by atoms with van der Waals surface area (Å²) in [5, 5.41) is 2.79. The van der Waals surface area contributed by atoms with Crippen molar-refractivity contribution in [3.05, 3.63) is 106 Å². The molecule has 0 aliphatic carbocycles. The number of benzene rings is 2. The predicted molar refractivity (Wildman–Crippen MR) is 130 cm³/mol. The molecule has 0 saturated carbocycles. The number of esters is 1. The first kappa shape index (κ1) is 24.9. The van der Waals surface area contributed by atoms with E-state index >= 15 is 0 Å². The van der Waals surface area contributed by atoms with Gasteiger partial charge in [0.05, 0.1) is 31.5 Å². The second kappa shape index (κ2) is 11.0. The van der Waals surface area contributed by atoms with E-state index in [4.69, 9.17) is 9.15 Å². The maximum absolute atomic E-state index is 13.9. The lowest BCUT2D eigenvalue weighted by Crippen LogP contribution is -2.38. The van der Waals surface area contributed by atoms with E-state index < -0.39 is 17.7 Å². The minimum atomic E-state index is -0.594. The number of hydrogen-bond donors (Lipinski definition) is 1. The Bertz CT molecular complexity index is 1280. The number of rotatable bonds is 8. The third-order valence-corrected chi connectivity index (χ3v) is 6.13. The molecule has 1 N–H and O–H groups in total. The van der Waals surface area contributed by atoms with E-state index in [1.807, 2.05) is 0 Å². The number of amides is 2. The van der Waals surface area contributed by atoms with Crippen molar-refractivity contribution in [3.63, 3.8) is 0 Å². The van der Waals surface area contributed by atoms with Crippen LogP contribution in [-0.4, -0.2) is 29.3 Å². The van der Waals surface area contributed by atoms with Crippen LogP contribution in [-0.2, 0) is 27.4 Å². The Hall–Kier alpha value is -4.20. The molecule has 1 aromatic heterocycles. The van der Waals surface area contributed by atoms with Crippen LogP contribution in [0.1, 0.15) is 53.4 Å². The second-order valence-electron chi connectivity index (χ2n) is 8.47. The molecule has 0 radical (unpaired) electrons. The number of allylic oxidation sites excluding steroid dienone is 1. The molecule has 1 unspecified atom stereocenters. The third-order valence-electron chi connectivity index (χ3n) is 6.13. The molecular weight excluding hydrogens is 463 g/mol. The van der Waals surface area contributed by atoms with Crippen LogP contribution >= 0.6 is 0 Å². The largest absolute Gasteiger partial charge is 0.467 e. The van der Waals surface area contributed by atoms with E-state index in [2.05, 4.69) is 5.32 Å². The zero-order valence-electron chi connectivity index (χ0n) is 20.1. The molecule has 1 aliphatic rings. The molecule has 0 spiro atoms. The van der Waals surface area contributed by atoms with E-state index in [-0.39, 0.29) is 37.9 Å². The van der Waals surface area contributed by atoms with Crippen molar-refractivity contribution in [3.8, 4) is 0 Å². The number of nitrogens with one attached hydrogen (secondary N) is 1. The normalized spacial score (nSPS) is 15.7. The first-order valence-electron chi connectivity index (χ1n) is 11.7. The van der Waals surface area contributed by atoms with Crippen LogP contribution in [0.3, 0.4) is 0 Å². The van der Waals surface area contributed by atoms with Crippen molar-refractivity contribution >= 4 is 17.8 Å². The van der Waals surface area contributed by atoms with Crippen LogP contribution in [0.15, 0.2) is 82.6 Å². The summed E-state index contributed by atoms with van der Waals surface area (Å²) in [6.07, 6.45) is 1.56. The first-order chi connectivity index (χ1) is 17.4. The van der Waals surface area contributed by atoms with E-state index in [1.165, 1.54) is 17.0 Å². The molecule has 4 rings (SSSR count). The summed E-state index contributed by atoms with van der Waals surface area (Å²) in [5.74, 6) is -1.33. The van der Waals surface area contributed by atoms with E-state index in [0.29, 0.717) is 28.2 Å². The fourth-order valence-corrected chi connectivity index (χ4v) is 4.31. The number of nitrogens with zero attached hydrogens (tertiary/aromatic N) is 1. The smallest absolute Gasteiger partial charge is 0.336 e. The van der Waals surface area contributed by atoms with Gasteiger partial charge in [-0.1, -0.05) is 24.3 Å². The first-order valence-corrected chi connectivity index (χ1v) is 11.7. The molecule has 186 valence electrons. The quantitative estimate of drug-likeness (QED) is 0.463. The van der Waals surface area contributed by atoms with Gasteiger partial charge in [0.1, 0.15) is 11.6 Å². The molecule has 0 saturated heterocycles. The Morgan fingerprint density at radius 3 is 2.58 bits per heavy atom. The molecule has 2 heterocycles. The van der Waals surface area contributed by atoms with Crippen molar-refractivity contribution in [1.82, 2.24) is 10.2 Å². The zero-order valence-corrected chi connectivity index (χ0v) is 20.1. The summed E-state index contributed by atoms with van der Waals surface area (Å²) in [7, 11) is 0. The summed E-state index contributed by atoms with van der Waals surface area (Å²) < 4.78 is 24.4. The SMILES string of the molecule is CCOC(=O)C1=C(C)N(Cc2ccc(C(=O)NCc3ccco3)cc2)C(=O)CC1c1cccc(F)c1. The monoisotopic (exact) mass is 490 g/mol. The van der Waals surface area contributed by atoms with Crippen LogP contribution in [0.5, 0.6) is 0 Å². The second-order valence-corrected chi connectivity index (χ2v) is 8.47. The van der Waals surface area contributed by atoms with Gasteiger partial charge in [-0.15, -0.1) is 0 Å². The highest BCUT2D eigenvalue weighted by Gasteiger charge is 2.37. The maximum Gasteiger partial charge on any atom is 0.336 e. The molecule has 1 atom stereocenters.